The highest BCUT2D eigenvalue weighted by atomic mass is 16.5. The topological polar surface area (TPSA) is 54.0 Å². The third kappa shape index (κ3) is 2.61. The monoisotopic (exact) mass is 312 g/mol. The summed E-state index contributed by atoms with van der Waals surface area (Å²) < 4.78 is 21.5. The number of hydrogen-bond donors (Lipinski definition) is 0. The number of carbonyl (C=O) groups excluding carboxylic acids is 1. The molecule has 0 aliphatic carbocycles. The molecule has 1 heterocycles. The largest absolute Gasteiger partial charge is 0.497 e. The van der Waals surface area contributed by atoms with Gasteiger partial charge in [0.05, 0.1) is 26.9 Å². The van der Waals surface area contributed by atoms with Crippen LogP contribution in [0.3, 0.4) is 0 Å². The van der Waals surface area contributed by atoms with E-state index >= 15 is 0 Å². The van der Waals surface area contributed by atoms with Crippen LogP contribution >= 0.6 is 0 Å². The first kappa shape index (κ1) is 15.0. The number of carbonyl (C=O) groups is 1. The molecule has 0 unspecified atom stereocenters. The van der Waals surface area contributed by atoms with Crippen LogP contribution in [-0.2, 0) is 0 Å². The molecule has 0 atom stereocenters. The molecule has 3 rings (SSSR count). The lowest BCUT2D eigenvalue weighted by Gasteiger charge is -2.10. The van der Waals surface area contributed by atoms with Gasteiger partial charge in [0.2, 0.25) is 5.78 Å². The van der Waals surface area contributed by atoms with Crippen molar-refractivity contribution in [2.24, 2.45) is 0 Å². The van der Waals surface area contributed by atoms with Gasteiger partial charge in [-0.1, -0.05) is 12.1 Å². The van der Waals surface area contributed by atoms with E-state index in [9.17, 15) is 4.79 Å². The van der Waals surface area contributed by atoms with E-state index in [1.807, 2.05) is 12.1 Å². The summed E-state index contributed by atoms with van der Waals surface area (Å²) in [4.78, 5) is 12.4. The summed E-state index contributed by atoms with van der Waals surface area (Å²) in [5.74, 6) is 2.32. The van der Waals surface area contributed by atoms with E-state index in [2.05, 4.69) is 0 Å². The van der Waals surface area contributed by atoms with Crippen molar-refractivity contribution in [2.45, 2.75) is 0 Å². The summed E-state index contributed by atoms with van der Waals surface area (Å²) >= 11 is 0. The second-order valence-corrected chi connectivity index (χ2v) is 4.88. The van der Waals surface area contributed by atoms with Gasteiger partial charge in [-0.3, -0.25) is 4.79 Å². The van der Waals surface area contributed by atoms with Crippen molar-refractivity contribution in [2.75, 3.05) is 21.3 Å². The first-order chi connectivity index (χ1) is 11.2. The molecular formula is C18H16O5. The molecule has 23 heavy (non-hydrogen) atoms. The lowest BCUT2D eigenvalue weighted by Crippen LogP contribution is -1.99. The van der Waals surface area contributed by atoms with Crippen LogP contribution in [0.5, 0.6) is 23.0 Å². The molecule has 0 aromatic heterocycles. The molecule has 1 aliphatic rings. The molecule has 2 aromatic rings. The first-order valence-electron chi connectivity index (χ1n) is 7.01. The van der Waals surface area contributed by atoms with Gasteiger partial charge >= 0.3 is 0 Å². The fourth-order valence-corrected chi connectivity index (χ4v) is 2.46. The summed E-state index contributed by atoms with van der Waals surface area (Å²) in [6.45, 7) is 0. The molecule has 0 amide bonds. The van der Waals surface area contributed by atoms with E-state index in [0.29, 0.717) is 34.1 Å². The Balaban J connectivity index is 2.01. The van der Waals surface area contributed by atoms with Gasteiger partial charge in [0.1, 0.15) is 11.5 Å². The molecule has 2 aromatic carbocycles. The van der Waals surface area contributed by atoms with Gasteiger partial charge < -0.3 is 18.9 Å². The Kier molecular flexibility index (Phi) is 3.93. The number of fused-ring (bicyclic) bond motifs is 1. The maximum atomic E-state index is 12.4. The van der Waals surface area contributed by atoms with Crippen molar-refractivity contribution in [1.29, 1.82) is 0 Å². The Bertz CT molecular complexity index is 792. The summed E-state index contributed by atoms with van der Waals surface area (Å²) in [6.07, 6.45) is 1.65. The van der Waals surface area contributed by atoms with E-state index in [1.165, 1.54) is 0 Å². The second-order valence-electron chi connectivity index (χ2n) is 4.88. The number of rotatable bonds is 4. The summed E-state index contributed by atoms with van der Waals surface area (Å²) in [7, 11) is 4.68. The first-order valence-corrected chi connectivity index (χ1v) is 7.01. The lowest BCUT2D eigenvalue weighted by molar-refractivity contribution is 0.101. The van der Waals surface area contributed by atoms with Gasteiger partial charge in [-0.15, -0.1) is 0 Å². The molecule has 0 spiro atoms. The smallest absolute Gasteiger partial charge is 0.231 e. The Labute approximate surface area is 134 Å². The maximum absolute atomic E-state index is 12.4. The Hall–Kier alpha value is -2.95. The number of ether oxygens (including phenoxy) is 4. The summed E-state index contributed by atoms with van der Waals surface area (Å²) in [5.41, 5.74) is 1.22. The molecule has 1 aliphatic heterocycles. The van der Waals surface area contributed by atoms with Crippen LogP contribution in [0.15, 0.2) is 42.2 Å². The quantitative estimate of drug-likeness (QED) is 0.811. The lowest BCUT2D eigenvalue weighted by atomic mass is 10.1. The van der Waals surface area contributed by atoms with Gasteiger partial charge in [-0.25, -0.2) is 0 Å². The molecule has 0 bridgehead atoms. The van der Waals surface area contributed by atoms with Crippen LogP contribution in [0.25, 0.3) is 6.08 Å². The van der Waals surface area contributed by atoms with Crippen molar-refractivity contribution in [3.63, 3.8) is 0 Å². The SMILES string of the molecule is COc1ccc2c(c1)O/C(=C/c1cccc(OC)c1OC)C2=O. The fraction of sp³-hybridized carbons (Fsp3) is 0.167. The number of benzene rings is 2. The van der Waals surface area contributed by atoms with Crippen molar-refractivity contribution in [3.8, 4) is 23.0 Å². The van der Waals surface area contributed by atoms with Crippen molar-refractivity contribution in [3.05, 3.63) is 53.3 Å². The van der Waals surface area contributed by atoms with Crippen LogP contribution in [0.4, 0.5) is 0 Å². The minimum absolute atomic E-state index is 0.174. The van der Waals surface area contributed by atoms with Gasteiger partial charge in [0, 0.05) is 11.6 Å². The number of Topliss-reactive ketones (excluding diaryl/α,β-unsaturated/α-hetero) is 1. The zero-order valence-electron chi connectivity index (χ0n) is 13.1. The van der Waals surface area contributed by atoms with Gasteiger partial charge in [-0.2, -0.15) is 0 Å². The van der Waals surface area contributed by atoms with E-state index in [-0.39, 0.29) is 11.5 Å². The number of ketones is 1. The normalized spacial score (nSPS) is 14.4. The standard InChI is InChI=1S/C18H16O5/c1-20-12-7-8-13-15(10-12)23-16(17(13)19)9-11-5-4-6-14(21-2)18(11)22-3/h4-10H,1-3H3/b16-9+. The number of para-hydroxylation sites is 1. The van der Waals surface area contributed by atoms with Crippen LogP contribution in [0, 0.1) is 0 Å². The van der Waals surface area contributed by atoms with Crippen molar-refractivity contribution in [1.82, 2.24) is 0 Å². The number of methoxy groups -OCH3 is 3. The molecule has 0 saturated heterocycles. The summed E-state index contributed by atoms with van der Waals surface area (Å²) in [5, 5.41) is 0. The molecule has 0 N–H and O–H groups in total. The highest BCUT2D eigenvalue weighted by Gasteiger charge is 2.28. The fourth-order valence-electron chi connectivity index (χ4n) is 2.46. The van der Waals surface area contributed by atoms with Crippen LogP contribution in [0.1, 0.15) is 15.9 Å². The third-order valence-electron chi connectivity index (χ3n) is 3.60. The average Bonchev–Trinajstić information content (AvgIpc) is 2.89. The third-order valence-corrected chi connectivity index (χ3v) is 3.60. The summed E-state index contributed by atoms with van der Waals surface area (Å²) in [6, 6.07) is 10.6. The van der Waals surface area contributed by atoms with E-state index in [4.69, 9.17) is 18.9 Å². The van der Waals surface area contributed by atoms with Crippen molar-refractivity contribution < 1.29 is 23.7 Å². The molecule has 0 saturated carbocycles. The molecule has 0 radical (unpaired) electrons. The molecule has 5 nitrogen and oxygen atoms in total. The Morgan fingerprint density at radius 1 is 1.00 bits per heavy atom. The van der Waals surface area contributed by atoms with E-state index < -0.39 is 0 Å². The highest BCUT2D eigenvalue weighted by Crippen LogP contribution is 2.37. The molecular weight excluding hydrogens is 296 g/mol. The average molecular weight is 312 g/mol. The minimum atomic E-state index is -0.174. The van der Waals surface area contributed by atoms with Crippen molar-refractivity contribution >= 4 is 11.9 Å². The predicted molar refractivity (Wildman–Crippen MR) is 85.5 cm³/mol. The highest BCUT2D eigenvalue weighted by molar-refractivity contribution is 6.14. The zero-order chi connectivity index (χ0) is 16.4. The van der Waals surface area contributed by atoms with Gasteiger partial charge in [-0.05, 0) is 24.3 Å². The zero-order valence-corrected chi connectivity index (χ0v) is 13.1. The van der Waals surface area contributed by atoms with Gasteiger partial charge in [0.15, 0.2) is 17.3 Å². The Morgan fingerprint density at radius 3 is 2.52 bits per heavy atom. The molecule has 0 fully saturated rings. The number of allylic oxidation sites excluding steroid dienone is 1. The van der Waals surface area contributed by atoms with Crippen LogP contribution in [-0.4, -0.2) is 27.1 Å². The van der Waals surface area contributed by atoms with E-state index in [0.717, 1.165) is 0 Å². The minimum Gasteiger partial charge on any atom is -0.497 e. The molecule has 5 heteroatoms. The maximum Gasteiger partial charge on any atom is 0.231 e. The van der Waals surface area contributed by atoms with Gasteiger partial charge in [0.25, 0.3) is 0 Å². The Morgan fingerprint density at radius 2 is 1.83 bits per heavy atom. The van der Waals surface area contributed by atoms with Crippen LogP contribution in [0.2, 0.25) is 0 Å². The second kappa shape index (κ2) is 6.04. The predicted octanol–water partition coefficient (Wildman–Crippen LogP) is 3.33. The molecule has 118 valence electrons. The number of hydrogen-bond acceptors (Lipinski definition) is 5. The van der Waals surface area contributed by atoms with E-state index in [1.54, 1.807) is 51.7 Å². The van der Waals surface area contributed by atoms with Crippen LogP contribution < -0.4 is 18.9 Å².